The fraction of sp³-hybridized carbons (Fsp3) is 0.301. The van der Waals surface area contributed by atoms with Crippen LogP contribution in [0.1, 0.15) is 213 Å². The predicted octanol–water partition coefficient (Wildman–Crippen LogP) is 26.6. The Kier molecular flexibility index (Phi) is 37.9. The molecular weight excluding hydrogens is 1610 g/mol. The van der Waals surface area contributed by atoms with Crippen molar-refractivity contribution in [2.45, 2.75) is 170 Å². The summed E-state index contributed by atoms with van der Waals surface area (Å²) in [5.74, 6) is 0.546. The molecule has 14 rings (SSSR count). The number of carbonyl (C=O) groups is 2. The minimum absolute atomic E-state index is 0.260. The first-order chi connectivity index (χ1) is 65.4. The van der Waals surface area contributed by atoms with Crippen molar-refractivity contribution in [3.8, 4) is 0 Å². The molecule has 0 radical (unpaired) electrons. The second-order valence-corrected chi connectivity index (χ2v) is 35.8. The van der Waals surface area contributed by atoms with Crippen molar-refractivity contribution >= 4 is 11.8 Å². The summed E-state index contributed by atoms with van der Waals surface area (Å²) in [5, 5.41) is 12.5. The van der Waals surface area contributed by atoms with Crippen molar-refractivity contribution in [2.24, 2.45) is 0 Å². The van der Waals surface area contributed by atoms with Gasteiger partial charge in [0.15, 0.2) is 0 Å². The highest BCUT2D eigenvalue weighted by atomic mass is 16.2. The van der Waals surface area contributed by atoms with Gasteiger partial charge in [-0.15, -0.1) is 0 Å². The van der Waals surface area contributed by atoms with E-state index >= 15 is 4.79 Å². The molecule has 678 valence electrons. The van der Waals surface area contributed by atoms with E-state index < -0.39 is 22.2 Å². The Morgan fingerprint density at radius 2 is 0.371 bits per heavy atom. The van der Waals surface area contributed by atoms with Gasteiger partial charge in [-0.1, -0.05) is 489 Å². The van der Waals surface area contributed by atoms with Crippen LogP contribution < -0.4 is 16.0 Å². The molecular formula is C123H139N7O2. The Morgan fingerprint density at radius 1 is 0.189 bits per heavy atom. The Labute approximate surface area is 789 Å². The van der Waals surface area contributed by atoms with E-state index in [-0.39, 0.29) is 11.8 Å². The van der Waals surface area contributed by atoms with Crippen molar-refractivity contribution in [3.63, 3.8) is 0 Å². The molecule has 0 fully saturated rings. The highest BCUT2D eigenvalue weighted by molar-refractivity contribution is 5.76. The normalized spacial score (nSPS) is 11.9. The number of nitrogens with one attached hydrogen (secondary N) is 3. The summed E-state index contributed by atoms with van der Waals surface area (Å²) in [6.45, 7) is 9.34. The van der Waals surface area contributed by atoms with Crippen molar-refractivity contribution in [1.29, 1.82) is 0 Å². The van der Waals surface area contributed by atoms with Crippen LogP contribution in [0.3, 0.4) is 0 Å². The fourth-order valence-corrected chi connectivity index (χ4v) is 20.3. The second kappa shape index (κ2) is 52.2. The highest BCUT2D eigenvalue weighted by Crippen LogP contribution is 2.45. The summed E-state index contributed by atoms with van der Waals surface area (Å²) in [6.07, 6.45) is 20.9. The molecule has 3 N–H and O–H groups in total. The average Bonchev–Trinajstić information content (AvgIpc) is 0.749. The topological polar surface area (TPSA) is 83.2 Å². The Balaban J connectivity index is 0.595. The quantitative estimate of drug-likeness (QED) is 0.0259. The van der Waals surface area contributed by atoms with Crippen LogP contribution in [0.4, 0.5) is 0 Å². The first kappa shape index (κ1) is 95.9. The lowest BCUT2D eigenvalue weighted by Crippen LogP contribution is -2.50. The SMILES string of the molecule is O=C(CCCCCCCCCCCCCCC(=O)N(CCCCN(CCCNC(c1ccccc1)(c1ccccc1)c1ccccc1)C(c1ccccc1)(c1ccccc1)c1ccccc1)CCCNC(c1ccccc1)(c1ccccc1)c1ccccc1)N(CCCCN(Cc1ccccc1)Cc1ccccc1)CCCNC(c1ccccc1)(c1ccccc1)c1ccccc1. The summed E-state index contributed by atoms with van der Waals surface area (Å²) in [5.41, 5.74) is 14.6. The molecule has 0 heterocycles. The zero-order valence-corrected chi connectivity index (χ0v) is 77.9. The molecule has 0 aliphatic carbocycles. The van der Waals surface area contributed by atoms with Crippen LogP contribution in [0, 0.1) is 0 Å². The number of amides is 2. The van der Waals surface area contributed by atoms with E-state index in [2.05, 4.69) is 460 Å². The van der Waals surface area contributed by atoms with Crippen LogP contribution in [-0.4, -0.2) is 96.9 Å². The average molecular weight is 1750 g/mol. The molecule has 2 amide bonds. The van der Waals surface area contributed by atoms with Gasteiger partial charge < -0.3 is 9.80 Å². The fourth-order valence-electron chi connectivity index (χ4n) is 20.3. The largest absolute Gasteiger partial charge is 0.343 e. The van der Waals surface area contributed by atoms with Gasteiger partial charge in [-0.05, 0) is 168 Å². The van der Waals surface area contributed by atoms with Gasteiger partial charge in [0.25, 0.3) is 0 Å². The number of benzene rings is 14. The van der Waals surface area contributed by atoms with Gasteiger partial charge in [-0.2, -0.15) is 0 Å². The maximum absolute atomic E-state index is 15.2. The molecule has 0 unspecified atom stereocenters. The van der Waals surface area contributed by atoms with Gasteiger partial charge in [-0.25, -0.2) is 0 Å². The first-order valence-electron chi connectivity index (χ1n) is 49.4. The predicted molar refractivity (Wildman–Crippen MR) is 550 cm³/mol. The zero-order valence-electron chi connectivity index (χ0n) is 77.9. The molecule has 9 nitrogen and oxygen atoms in total. The number of hydrogen-bond acceptors (Lipinski definition) is 7. The van der Waals surface area contributed by atoms with Crippen molar-refractivity contribution in [3.05, 3.63) is 503 Å². The zero-order chi connectivity index (χ0) is 90.5. The number of rotatable bonds is 57. The van der Waals surface area contributed by atoms with Gasteiger partial charge in [0.1, 0.15) is 0 Å². The molecule has 0 saturated heterocycles. The molecule has 14 aromatic rings. The number of carbonyl (C=O) groups excluding carboxylic acids is 2. The van der Waals surface area contributed by atoms with Crippen LogP contribution in [-0.2, 0) is 44.8 Å². The van der Waals surface area contributed by atoms with Gasteiger partial charge in [0, 0.05) is 58.7 Å². The molecule has 0 aliphatic heterocycles. The van der Waals surface area contributed by atoms with E-state index in [1.54, 1.807) is 0 Å². The highest BCUT2D eigenvalue weighted by Gasteiger charge is 2.43. The molecule has 0 bridgehead atoms. The molecule has 14 aromatic carbocycles. The lowest BCUT2D eigenvalue weighted by molar-refractivity contribution is -0.132. The van der Waals surface area contributed by atoms with Crippen LogP contribution in [0.5, 0.6) is 0 Å². The van der Waals surface area contributed by atoms with Crippen molar-refractivity contribution < 1.29 is 9.59 Å². The van der Waals surface area contributed by atoms with E-state index in [0.29, 0.717) is 39.0 Å². The summed E-state index contributed by atoms with van der Waals surface area (Å²) >= 11 is 0. The lowest BCUT2D eigenvalue weighted by Gasteiger charge is -2.46. The van der Waals surface area contributed by atoms with E-state index in [9.17, 15) is 4.79 Å². The minimum atomic E-state index is -0.636. The number of hydrogen-bond donors (Lipinski definition) is 3. The Morgan fingerprint density at radius 3 is 0.614 bits per heavy atom. The molecule has 0 atom stereocenters. The van der Waals surface area contributed by atoms with E-state index in [1.807, 2.05) is 0 Å². The van der Waals surface area contributed by atoms with Gasteiger partial charge in [0.05, 0.1) is 22.2 Å². The van der Waals surface area contributed by atoms with Gasteiger partial charge in [-0.3, -0.25) is 35.3 Å². The Hall–Kier alpha value is -12.2. The molecule has 132 heavy (non-hydrogen) atoms. The standard InChI is InChI=1S/C123H139N7O2/c131-118(128(96-56-55-95-127(102-104-62-25-11-26-63-104)103-105-64-27-12-28-65-105)98-59-92-124-120(106-66-29-13-30-67-106,107-68-31-14-32-69-107)108-70-33-15-34-71-108)90-53-9-7-5-3-1-2-4-6-8-10-54-91-119(132)129(99-60-93-125-121(109-72-35-16-36-73-109,110-74-37-17-38-75-110)111-76-39-18-40-77-111)97-57-58-100-130(123(115-84-47-22-48-85-115,116-86-49-23-50-87-116)117-88-51-24-52-89-117)101-61-94-126-122(112-78-41-19-42-79-112,113-80-43-20-44-81-113)114-82-45-21-46-83-114/h11-52,62-89,124-126H,1-10,53-61,90-103H2. The van der Waals surface area contributed by atoms with Crippen LogP contribution in [0.15, 0.2) is 425 Å². The maximum Gasteiger partial charge on any atom is 0.222 e. The first-order valence-corrected chi connectivity index (χ1v) is 49.4. The summed E-state index contributed by atoms with van der Waals surface area (Å²) in [7, 11) is 0. The summed E-state index contributed by atoms with van der Waals surface area (Å²) in [4.78, 5) is 39.5. The Bertz CT molecular complexity index is 5060. The number of nitrogens with zero attached hydrogens (tertiary/aromatic N) is 4. The lowest BCUT2D eigenvalue weighted by atomic mass is 9.75. The second-order valence-electron chi connectivity index (χ2n) is 35.8. The molecule has 0 spiro atoms. The third-order valence-corrected chi connectivity index (χ3v) is 26.9. The van der Waals surface area contributed by atoms with E-state index in [4.69, 9.17) is 0 Å². The van der Waals surface area contributed by atoms with Crippen LogP contribution in [0.25, 0.3) is 0 Å². The smallest absolute Gasteiger partial charge is 0.222 e. The van der Waals surface area contributed by atoms with Crippen LogP contribution in [0.2, 0.25) is 0 Å². The number of unbranched alkanes of at least 4 members (excludes halogenated alkanes) is 13. The van der Waals surface area contributed by atoms with Gasteiger partial charge >= 0.3 is 0 Å². The molecule has 0 aromatic heterocycles. The molecule has 0 saturated carbocycles. The summed E-state index contributed by atoms with van der Waals surface area (Å²) < 4.78 is 0. The summed E-state index contributed by atoms with van der Waals surface area (Å²) in [6, 6.07) is 153. The molecule has 9 heteroatoms. The maximum atomic E-state index is 15.2. The third kappa shape index (κ3) is 26.0. The van der Waals surface area contributed by atoms with Crippen LogP contribution >= 0.6 is 0 Å². The van der Waals surface area contributed by atoms with E-state index in [1.165, 1.54) is 116 Å². The minimum Gasteiger partial charge on any atom is -0.343 e. The third-order valence-electron chi connectivity index (χ3n) is 26.9. The monoisotopic (exact) mass is 1750 g/mol. The van der Waals surface area contributed by atoms with Crippen molar-refractivity contribution in [2.75, 3.05) is 65.4 Å². The van der Waals surface area contributed by atoms with Crippen molar-refractivity contribution in [1.82, 2.24) is 35.6 Å². The van der Waals surface area contributed by atoms with Gasteiger partial charge in [0.2, 0.25) is 11.8 Å². The molecule has 0 aliphatic rings. The van der Waals surface area contributed by atoms with E-state index in [0.717, 1.165) is 136 Å².